The van der Waals surface area contributed by atoms with E-state index in [-0.39, 0.29) is 12.7 Å². The minimum atomic E-state index is 0.0876. The molecule has 0 spiro atoms. The van der Waals surface area contributed by atoms with Gasteiger partial charge in [-0.25, -0.2) is 4.98 Å². The van der Waals surface area contributed by atoms with Crippen LogP contribution in [0.4, 0.5) is 0 Å². The van der Waals surface area contributed by atoms with Crippen LogP contribution in [-0.4, -0.2) is 29.1 Å². The Kier molecular flexibility index (Phi) is 7.47. The van der Waals surface area contributed by atoms with Crippen LogP contribution in [0.1, 0.15) is 31.7 Å². The van der Waals surface area contributed by atoms with E-state index >= 15 is 0 Å². The smallest absolute Gasteiger partial charge is 0.215 e. The lowest BCUT2D eigenvalue weighted by Crippen LogP contribution is -2.12. The average molecular weight is 290 g/mol. The van der Waals surface area contributed by atoms with Gasteiger partial charge in [0.25, 0.3) is 0 Å². The Morgan fingerprint density at radius 2 is 2.22 bits per heavy atom. The topological polar surface area (TPSA) is 42.4 Å². The van der Waals surface area contributed by atoms with Crippen LogP contribution in [0, 0.1) is 0 Å². The van der Waals surface area contributed by atoms with E-state index in [1.54, 1.807) is 11.8 Å². The third kappa shape index (κ3) is 5.94. The number of aliphatic hydroxyl groups excluding tert-OH is 1. The maximum Gasteiger partial charge on any atom is 0.215 e. The number of aromatic nitrogens is 1. The standard InChI is InChI=1S/C13H20ClNO2S/c1-10(5-3-4-6-16)17-13-8-11(9-18-2)7-12(14)15-13/h7-8,10,16H,3-6,9H2,1-2H3. The second kappa shape index (κ2) is 8.62. The summed E-state index contributed by atoms with van der Waals surface area (Å²) in [4.78, 5) is 4.17. The highest BCUT2D eigenvalue weighted by Gasteiger charge is 2.07. The Morgan fingerprint density at radius 1 is 1.44 bits per heavy atom. The maximum atomic E-state index is 8.73. The molecule has 1 aromatic heterocycles. The predicted octanol–water partition coefficient (Wildman–Crippen LogP) is 3.53. The van der Waals surface area contributed by atoms with Crippen molar-refractivity contribution in [2.24, 2.45) is 0 Å². The Hall–Kier alpha value is -0.450. The third-order valence-corrected chi connectivity index (χ3v) is 3.30. The van der Waals surface area contributed by atoms with Crippen molar-refractivity contribution < 1.29 is 9.84 Å². The molecule has 102 valence electrons. The molecule has 5 heteroatoms. The van der Waals surface area contributed by atoms with Gasteiger partial charge in [0, 0.05) is 18.4 Å². The van der Waals surface area contributed by atoms with E-state index in [2.05, 4.69) is 4.98 Å². The van der Waals surface area contributed by atoms with Crippen LogP contribution in [-0.2, 0) is 5.75 Å². The number of nitrogens with zero attached hydrogens (tertiary/aromatic N) is 1. The summed E-state index contributed by atoms with van der Waals surface area (Å²) < 4.78 is 5.74. The maximum absolute atomic E-state index is 8.73. The molecule has 1 rings (SSSR count). The van der Waals surface area contributed by atoms with Crippen molar-refractivity contribution in [1.82, 2.24) is 4.98 Å². The Balaban J connectivity index is 2.54. The summed E-state index contributed by atoms with van der Waals surface area (Å²) in [5.74, 6) is 1.49. The molecule has 0 aliphatic heterocycles. The summed E-state index contributed by atoms with van der Waals surface area (Å²) in [7, 11) is 0. The molecule has 1 atom stereocenters. The second-order valence-electron chi connectivity index (χ2n) is 4.22. The van der Waals surface area contributed by atoms with Gasteiger partial charge in [0.15, 0.2) is 0 Å². The highest BCUT2D eigenvalue weighted by Crippen LogP contribution is 2.21. The molecule has 3 nitrogen and oxygen atoms in total. The molecular weight excluding hydrogens is 270 g/mol. The molecular formula is C13H20ClNO2S. The number of aliphatic hydroxyl groups is 1. The molecule has 0 amide bonds. The highest BCUT2D eigenvalue weighted by atomic mass is 35.5. The van der Waals surface area contributed by atoms with E-state index in [9.17, 15) is 0 Å². The van der Waals surface area contributed by atoms with Crippen LogP contribution < -0.4 is 4.74 Å². The fourth-order valence-corrected chi connectivity index (χ4v) is 2.37. The molecule has 0 aromatic carbocycles. The van der Waals surface area contributed by atoms with Gasteiger partial charge in [-0.15, -0.1) is 0 Å². The highest BCUT2D eigenvalue weighted by molar-refractivity contribution is 7.97. The lowest BCUT2D eigenvalue weighted by molar-refractivity contribution is 0.192. The monoisotopic (exact) mass is 289 g/mol. The summed E-state index contributed by atoms with van der Waals surface area (Å²) in [6.07, 6.45) is 4.81. The van der Waals surface area contributed by atoms with Crippen molar-refractivity contribution in [2.75, 3.05) is 12.9 Å². The van der Waals surface area contributed by atoms with Crippen molar-refractivity contribution >= 4 is 23.4 Å². The van der Waals surface area contributed by atoms with Gasteiger partial charge >= 0.3 is 0 Å². The molecule has 0 saturated heterocycles. The average Bonchev–Trinajstić information content (AvgIpc) is 2.28. The Bertz CT molecular complexity index is 363. The molecule has 0 aliphatic rings. The van der Waals surface area contributed by atoms with Crippen molar-refractivity contribution in [2.45, 2.75) is 38.0 Å². The molecule has 1 N–H and O–H groups in total. The van der Waals surface area contributed by atoms with E-state index in [1.165, 1.54) is 0 Å². The van der Waals surface area contributed by atoms with Gasteiger partial charge in [0.1, 0.15) is 5.15 Å². The fraction of sp³-hybridized carbons (Fsp3) is 0.615. The minimum Gasteiger partial charge on any atom is -0.475 e. The molecule has 0 radical (unpaired) electrons. The van der Waals surface area contributed by atoms with Gasteiger partial charge in [-0.3, -0.25) is 0 Å². The number of halogens is 1. The van der Waals surface area contributed by atoms with E-state index < -0.39 is 0 Å². The van der Waals surface area contributed by atoms with Gasteiger partial charge in [-0.1, -0.05) is 11.6 Å². The van der Waals surface area contributed by atoms with Crippen LogP contribution >= 0.6 is 23.4 Å². The number of pyridine rings is 1. The summed E-state index contributed by atoms with van der Waals surface area (Å²) >= 11 is 7.70. The second-order valence-corrected chi connectivity index (χ2v) is 5.47. The molecule has 0 fully saturated rings. The fourth-order valence-electron chi connectivity index (χ4n) is 1.64. The van der Waals surface area contributed by atoms with Gasteiger partial charge in [-0.2, -0.15) is 11.8 Å². The predicted molar refractivity (Wildman–Crippen MR) is 77.5 cm³/mol. The van der Waals surface area contributed by atoms with Gasteiger partial charge in [0.05, 0.1) is 6.10 Å². The van der Waals surface area contributed by atoms with E-state index in [0.29, 0.717) is 11.0 Å². The van der Waals surface area contributed by atoms with Crippen molar-refractivity contribution in [3.8, 4) is 5.88 Å². The van der Waals surface area contributed by atoms with Gasteiger partial charge < -0.3 is 9.84 Å². The molecule has 0 saturated carbocycles. The Morgan fingerprint density at radius 3 is 2.89 bits per heavy atom. The molecule has 18 heavy (non-hydrogen) atoms. The van der Waals surface area contributed by atoms with E-state index in [0.717, 1.165) is 30.6 Å². The zero-order valence-corrected chi connectivity index (χ0v) is 12.4. The summed E-state index contributed by atoms with van der Waals surface area (Å²) in [5.41, 5.74) is 1.13. The molecule has 1 aromatic rings. The SMILES string of the molecule is CSCc1cc(Cl)nc(OC(C)CCCCO)c1. The van der Waals surface area contributed by atoms with Crippen molar-refractivity contribution in [1.29, 1.82) is 0 Å². The first-order valence-electron chi connectivity index (χ1n) is 6.08. The summed E-state index contributed by atoms with van der Waals surface area (Å²) in [6.45, 7) is 2.24. The van der Waals surface area contributed by atoms with E-state index in [1.807, 2.05) is 25.3 Å². The van der Waals surface area contributed by atoms with Gasteiger partial charge in [0.2, 0.25) is 5.88 Å². The first-order chi connectivity index (χ1) is 8.65. The first kappa shape index (κ1) is 15.6. The lowest BCUT2D eigenvalue weighted by atomic mass is 10.2. The number of thioether (sulfide) groups is 1. The summed E-state index contributed by atoms with van der Waals surface area (Å²) in [6, 6.07) is 3.80. The molecule has 1 heterocycles. The van der Waals surface area contributed by atoms with E-state index in [4.69, 9.17) is 21.4 Å². The van der Waals surface area contributed by atoms with Crippen LogP contribution in [0.15, 0.2) is 12.1 Å². The van der Waals surface area contributed by atoms with Crippen molar-refractivity contribution in [3.05, 3.63) is 22.8 Å². The van der Waals surface area contributed by atoms with Crippen LogP contribution in [0.5, 0.6) is 5.88 Å². The van der Waals surface area contributed by atoms with Crippen LogP contribution in [0.3, 0.4) is 0 Å². The Labute approximate surface area is 118 Å². The zero-order valence-electron chi connectivity index (χ0n) is 10.9. The third-order valence-electron chi connectivity index (χ3n) is 2.48. The zero-order chi connectivity index (χ0) is 13.4. The van der Waals surface area contributed by atoms with Crippen LogP contribution in [0.2, 0.25) is 5.15 Å². The van der Waals surface area contributed by atoms with Crippen molar-refractivity contribution in [3.63, 3.8) is 0 Å². The first-order valence-corrected chi connectivity index (χ1v) is 7.85. The normalized spacial score (nSPS) is 12.4. The van der Waals surface area contributed by atoms with Gasteiger partial charge in [-0.05, 0) is 44.1 Å². The number of unbranched alkanes of at least 4 members (excludes halogenated alkanes) is 1. The number of ether oxygens (including phenoxy) is 1. The molecule has 0 bridgehead atoms. The minimum absolute atomic E-state index is 0.0876. The summed E-state index contributed by atoms with van der Waals surface area (Å²) in [5, 5.41) is 9.20. The lowest BCUT2D eigenvalue weighted by Gasteiger charge is -2.14. The van der Waals surface area contributed by atoms with Crippen LogP contribution in [0.25, 0.3) is 0 Å². The number of rotatable bonds is 8. The molecule has 1 unspecified atom stereocenters. The quantitative estimate of drug-likeness (QED) is 0.587. The number of hydrogen-bond acceptors (Lipinski definition) is 4. The number of hydrogen-bond donors (Lipinski definition) is 1. The molecule has 0 aliphatic carbocycles. The largest absolute Gasteiger partial charge is 0.475 e.